The quantitative estimate of drug-likeness (QED) is 0.559. The number of halogens is 5. The van der Waals surface area contributed by atoms with Crippen LogP contribution in [0.2, 0.25) is 0 Å². The van der Waals surface area contributed by atoms with Gasteiger partial charge < -0.3 is 0 Å². The van der Waals surface area contributed by atoms with Crippen LogP contribution in [0, 0.1) is 0 Å². The van der Waals surface area contributed by atoms with Crippen molar-refractivity contribution >= 4 is 63.2 Å². The number of alkyl halides is 4. The lowest BCUT2D eigenvalue weighted by Crippen LogP contribution is -2.12. The van der Waals surface area contributed by atoms with Crippen LogP contribution in [-0.2, 0) is 4.79 Å². The van der Waals surface area contributed by atoms with Crippen LogP contribution in [0.3, 0.4) is 0 Å². The fourth-order valence-corrected chi connectivity index (χ4v) is 0.949. The van der Waals surface area contributed by atoms with E-state index in [1.165, 1.54) is 0 Å². The lowest BCUT2D eigenvalue weighted by atomic mass is 10.2. The van der Waals surface area contributed by atoms with Gasteiger partial charge in [-0.3, -0.25) is 4.79 Å². The molecule has 0 heterocycles. The molecule has 0 amide bonds. The van der Waals surface area contributed by atoms with Crippen LogP contribution in [0.5, 0.6) is 0 Å². The van der Waals surface area contributed by atoms with E-state index in [9.17, 15) is 4.79 Å². The fourth-order valence-electron chi connectivity index (χ4n) is 0.404. The summed E-state index contributed by atoms with van der Waals surface area (Å²) in [4.78, 5) is 10.4. The van der Waals surface area contributed by atoms with Gasteiger partial charge in [0.25, 0.3) is 0 Å². The third kappa shape index (κ3) is 7.48. The summed E-state index contributed by atoms with van der Waals surface area (Å²) in [7, 11) is 0. The molecule has 0 aromatic heterocycles. The second kappa shape index (κ2) is 4.98. The largest absolute Gasteiger partial charge is 0.280 e. The normalized spacial score (nSPS) is 14.6. The highest BCUT2D eigenvalue weighted by molar-refractivity contribution is 6.69. The van der Waals surface area contributed by atoms with Gasteiger partial charge in [0.05, 0.1) is 0 Å². The Bertz CT molecular complexity index is 140. The standard InChI is InChI=1S/C5H5Cl5O/c6-3(4(7)11)1-2-5(8,9)10/h3H,1-2H2. The van der Waals surface area contributed by atoms with E-state index >= 15 is 0 Å². The summed E-state index contributed by atoms with van der Waals surface area (Å²) in [5.41, 5.74) is 0. The Morgan fingerprint density at radius 2 is 1.82 bits per heavy atom. The molecule has 0 radical (unpaired) electrons. The van der Waals surface area contributed by atoms with Gasteiger partial charge in [0.2, 0.25) is 5.24 Å². The first-order valence-electron chi connectivity index (χ1n) is 2.73. The number of carbonyl (C=O) groups is 1. The zero-order valence-corrected chi connectivity index (χ0v) is 9.07. The van der Waals surface area contributed by atoms with Gasteiger partial charge in [0.1, 0.15) is 5.38 Å². The lowest BCUT2D eigenvalue weighted by molar-refractivity contribution is -0.111. The summed E-state index contributed by atoms with van der Waals surface area (Å²) in [6.45, 7) is 0. The monoisotopic (exact) mass is 256 g/mol. The lowest BCUT2D eigenvalue weighted by Gasteiger charge is -2.10. The topological polar surface area (TPSA) is 17.1 Å². The van der Waals surface area contributed by atoms with Gasteiger partial charge in [-0.1, -0.05) is 34.8 Å². The molecule has 0 aliphatic rings. The smallest absolute Gasteiger partial charge is 0.239 e. The van der Waals surface area contributed by atoms with Crippen LogP contribution in [0.15, 0.2) is 0 Å². The maximum atomic E-state index is 10.4. The molecule has 0 N–H and O–H groups in total. The summed E-state index contributed by atoms with van der Waals surface area (Å²) >= 11 is 26.7. The number of rotatable bonds is 3. The Balaban J connectivity index is 3.63. The SMILES string of the molecule is O=C(Cl)C(Cl)CCC(Cl)(Cl)Cl. The Morgan fingerprint density at radius 3 is 2.09 bits per heavy atom. The van der Waals surface area contributed by atoms with Crippen LogP contribution >= 0.6 is 58.0 Å². The van der Waals surface area contributed by atoms with E-state index in [0.29, 0.717) is 0 Å². The minimum absolute atomic E-state index is 0.213. The highest BCUT2D eigenvalue weighted by Gasteiger charge is 2.23. The van der Waals surface area contributed by atoms with E-state index in [2.05, 4.69) is 0 Å². The van der Waals surface area contributed by atoms with Gasteiger partial charge in [-0.05, 0) is 24.4 Å². The minimum Gasteiger partial charge on any atom is -0.280 e. The molecule has 1 unspecified atom stereocenters. The van der Waals surface area contributed by atoms with E-state index in [0.717, 1.165) is 0 Å². The second-order valence-electron chi connectivity index (χ2n) is 1.93. The van der Waals surface area contributed by atoms with Crippen molar-refractivity contribution in [3.8, 4) is 0 Å². The number of hydrogen-bond donors (Lipinski definition) is 0. The first-order valence-corrected chi connectivity index (χ1v) is 4.68. The molecular weight excluding hydrogens is 253 g/mol. The molecule has 0 fully saturated rings. The van der Waals surface area contributed by atoms with Crippen LogP contribution in [0.4, 0.5) is 0 Å². The van der Waals surface area contributed by atoms with Crippen LogP contribution in [0.25, 0.3) is 0 Å². The Labute approximate surface area is 89.9 Å². The third-order valence-corrected chi connectivity index (χ3v) is 2.29. The molecule has 0 aliphatic heterocycles. The molecule has 0 saturated heterocycles. The number of hydrogen-bond acceptors (Lipinski definition) is 1. The van der Waals surface area contributed by atoms with Crippen LogP contribution in [-0.4, -0.2) is 14.4 Å². The van der Waals surface area contributed by atoms with Gasteiger partial charge in [0, 0.05) is 0 Å². The van der Waals surface area contributed by atoms with Crippen molar-refractivity contribution in [1.82, 2.24) is 0 Å². The molecule has 0 saturated carbocycles. The molecule has 0 spiro atoms. The van der Waals surface area contributed by atoms with Crippen LogP contribution < -0.4 is 0 Å². The Morgan fingerprint density at radius 1 is 1.36 bits per heavy atom. The van der Waals surface area contributed by atoms with Crippen LogP contribution in [0.1, 0.15) is 12.8 Å². The molecular formula is C5H5Cl5O. The highest BCUT2D eigenvalue weighted by atomic mass is 35.6. The van der Waals surface area contributed by atoms with Gasteiger partial charge in [-0.2, -0.15) is 0 Å². The molecule has 0 aliphatic carbocycles. The molecule has 0 bridgehead atoms. The predicted octanol–water partition coefficient (Wildman–Crippen LogP) is 3.51. The van der Waals surface area contributed by atoms with E-state index < -0.39 is 14.4 Å². The average Bonchev–Trinajstić information content (AvgIpc) is 1.80. The Hall–Kier alpha value is 1.12. The summed E-state index contributed by atoms with van der Waals surface area (Å²) in [5.74, 6) is 0. The van der Waals surface area contributed by atoms with E-state index in [1.807, 2.05) is 0 Å². The summed E-state index contributed by atoms with van der Waals surface area (Å²) in [5, 5.41) is -1.40. The average molecular weight is 258 g/mol. The van der Waals surface area contributed by atoms with E-state index in [1.54, 1.807) is 0 Å². The minimum atomic E-state index is -1.36. The molecule has 0 rings (SSSR count). The zero-order chi connectivity index (χ0) is 9.07. The van der Waals surface area contributed by atoms with Gasteiger partial charge in [-0.25, -0.2) is 0 Å². The van der Waals surface area contributed by atoms with Gasteiger partial charge in [-0.15, -0.1) is 11.6 Å². The zero-order valence-electron chi connectivity index (χ0n) is 5.29. The maximum Gasteiger partial charge on any atom is 0.239 e. The van der Waals surface area contributed by atoms with E-state index in [4.69, 9.17) is 58.0 Å². The summed E-state index contributed by atoms with van der Waals surface area (Å²) in [6, 6.07) is 0. The first-order chi connectivity index (χ1) is 4.83. The molecule has 11 heavy (non-hydrogen) atoms. The third-order valence-electron chi connectivity index (χ3n) is 0.928. The molecule has 66 valence electrons. The number of carbonyl (C=O) groups excluding carboxylic acids is 1. The van der Waals surface area contributed by atoms with Gasteiger partial charge in [0.15, 0.2) is 3.79 Å². The second-order valence-corrected chi connectivity index (χ2v) is 5.34. The van der Waals surface area contributed by atoms with E-state index in [-0.39, 0.29) is 12.8 Å². The summed E-state index contributed by atoms with van der Waals surface area (Å²) in [6.07, 6.45) is 0.477. The molecule has 1 atom stereocenters. The molecule has 0 aromatic carbocycles. The molecule has 0 aromatic rings. The first kappa shape index (κ1) is 12.1. The van der Waals surface area contributed by atoms with Gasteiger partial charge >= 0.3 is 0 Å². The summed E-state index contributed by atoms with van der Waals surface area (Å²) < 4.78 is -1.36. The van der Waals surface area contributed by atoms with Crippen molar-refractivity contribution in [3.63, 3.8) is 0 Å². The predicted molar refractivity (Wildman–Crippen MR) is 50.0 cm³/mol. The molecule has 1 nitrogen and oxygen atoms in total. The maximum absolute atomic E-state index is 10.4. The van der Waals surface area contributed by atoms with Crippen molar-refractivity contribution in [3.05, 3.63) is 0 Å². The van der Waals surface area contributed by atoms with Crippen molar-refractivity contribution < 1.29 is 4.79 Å². The Kier molecular flexibility index (Phi) is 5.49. The van der Waals surface area contributed by atoms with Crippen molar-refractivity contribution in [2.24, 2.45) is 0 Å². The van der Waals surface area contributed by atoms with Crippen molar-refractivity contribution in [2.75, 3.05) is 0 Å². The highest BCUT2D eigenvalue weighted by Crippen LogP contribution is 2.32. The fraction of sp³-hybridized carbons (Fsp3) is 0.800. The van der Waals surface area contributed by atoms with Crippen molar-refractivity contribution in [1.29, 1.82) is 0 Å². The van der Waals surface area contributed by atoms with Crippen molar-refractivity contribution in [2.45, 2.75) is 22.0 Å². The molecule has 6 heteroatoms.